The van der Waals surface area contributed by atoms with Crippen molar-refractivity contribution in [3.63, 3.8) is 0 Å². The average Bonchev–Trinajstić information content (AvgIpc) is 3.29. The molecule has 2 aromatic heterocycles. The average molecular weight is 370 g/mol. The Balaban J connectivity index is 1.49. The molecule has 4 aromatic rings. The summed E-state index contributed by atoms with van der Waals surface area (Å²) in [5.74, 6) is -0.0548. The number of aromatic nitrogens is 5. The highest BCUT2D eigenvalue weighted by Crippen LogP contribution is 2.21. The quantitative estimate of drug-likeness (QED) is 0.564. The standard InChI is InChI=1S/C21H18N6O/c28-20(14-16-6-8-19(9-7-16)27-15-23-25-26-27)24-21(17-4-2-1-3-5-17)18-10-12-22-13-11-18/h1-13,15,21H,14H2,(H,24,28). The summed E-state index contributed by atoms with van der Waals surface area (Å²) in [7, 11) is 0. The summed E-state index contributed by atoms with van der Waals surface area (Å²) in [6, 6.07) is 21.1. The van der Waals surface area contributed by atoms with E-state index < -0.39 is 0 Å². The van der Waals surface area contributed by atoms with Gasteiger partial charge in [0.25, 0.3) is 0 Å². The number of amides is 1. The number of nitrogens with one attached hydrogen (secondary N) is 1. The Morgan fingerprint density at radius 3 is 2.32 bits per heavy atom. The highest BCUT2D eigenvalue weighted by molar-refractivity contribution is 5.79. The molecule has 1 N–H and O–H groups in total. The van der Waals surface area contributed by atoms with Crippen molar-refractivity contribution in [1.29, 1.82) is 0 Å². The first kappa shape index (κ1) is 17.5. The van der Waals surface area contributed by atoms with Gasteiger partial charge in [-0.3, -0.25) is 9.78 Å². The number of nitrogens with zero attached hydrogens (tertiary/aromatic N) is 5. The molecule has 0 bridgehead atoms. The minimum atomic E-state index is -0.225. The Hall–Kier alpha value is -3.87. The van der Waals surface area contributed by atoms with Gasteiger partial charge in [0.1, 0.15) is 6.33 Å². The molecule has 1 unspecified atom stereocenters. The third-order valence-electron chi connectivity index (χ3n) is 4.39. The molecule has 0 radical (unpaired) electrons. The molecule has 0 spiro atoms. The van der Waals surface area contributed by atoms with E-state index in [4.69, 9.17) is 0 Å². The van der Waals surface area contributed by atoms with Crippen LogP contribution in [-0.4, -0.2) is 31.1 Å². The maximum Gasteiger partial charge on any atom is 0.225 e. The molecule has 0 aliphatic carbocycles. The summed E-state index contributed by atoms with van der Waals surface area (Å²) in [5.41, 5.74) is 3.77. The molecule has 2 heterocycles. The van der Waals surface area contributed by atoms with Gasteiger partial charge in [0.05, 0.1) is 18.2 Å². The molecule has 0 saturated carbocycles. The molecule has 1 amide bonds. The number of pyridine rings is 1. The second-order valence-corrected chi connectivity index (χ2v) is 6.29. The van der Waals surface area contributed by atoms with Crippen LogP contribution in [0.1, 0.15) is 22.7 Å². The van der Waals surface area contributed by atoms with E-state index in [9.17, 15) is 4.79 Å². The smallest absolute Gasteiger partial charge is 0.225 e. The number of carbonyl (C=O) groups excluding carboxylic acids is 1. The fraction of sp³-hybridized carbons (Fsp3) is 0.0952. The SMILES string of the molecule is O=C(Cc1ccc(-n2cnnn2)cc1)NC(c1ccccc1)c1ccncc1. The van der Waals surface area contributed by atoms with Crippen molar-refractivity contribution in [2.45, 2.75) is 12.5 Å². The normalized spacial score (nSPS) is 11.7. The minimum Gasteiger partial charge on any atom is -0.345 e. The fourth-order valence-corrected chi connectivity index (χ4v) is 3.00. The summed E-state index contributed by atoms with van der Waals surface area (Å²) in [4.78, 5) is 16.8. The third-order valence-corrected chi connectivity index (χ3v) is 4.39. The van der Waals surface area contributed by atoms with Crippen LogP contribution < -0.4 is 5.32 Å². The van der Waals surface area contributed by atoms with Gasteiger partial charge in [-0.1, -0.05) is 42.5 Å². The van der Waals surface area contributed by atoms with E-state index in [0.29, 0.717) is 0 Å². The highest BCUT2D eigenvalue weighted by Gasteiger charge is 2.17. The monoisotopic (exact) mass is 370 g/mol. The fourth-order valence-electron chi connectivity index (χ4n) is 3.00. The van der Waals surface area contributed by atoms with Crippen molar-refractivity contribution in [1.82, 2.24) is 30.5 Å². The zero-order valence-electron chi connectivity index (χ0n) is 15.0. The molecule has 0 aliphatic rings. The molecular weight excluding hydrogens is 352 g/mol. The predicted molar refractivity (Wildman–Crippen MR) is 104 cm³/mol. The van der Waals surface area contributed by atoms with Gasteiger partial charge < -0.3 is 5.32 Å². The van der Waals surface area contributed by atoms with E-state index in [-0.39, 0.29) is 18.4 Å². The predicted octanol–water partition coefficient (Wildman–Crippen LogP) is 2.51. The molecular formula is C21H18N6O. The lowest BCUT2D eigenvalue weighted by molar-refractivity contribution is -0.120. The number of hydrogen-bond acceptors (Lipinski definition) is 5. The molecule has 28 heavy (non-hydrogen) atoms. The van der Waals surface area contributed by atoms with E-state index in [2.05, 4.69) is 25.8 Å². The van der Waals surface area contributed by atoms with Crippen LogP contribution in [0.25, 0.3) is 5.69 Å². The molecule has 138 valence electrons. The number of carbonyl (C=O) groups is 1. The Kier molecular flexibility index (Phi) is 5.15. The lowest BCUT2D eigenvalue weighted by Gasteiger charge is -2.20. The Bertz CT molecular complexity index is 978. The van der Waals surface area contributed by atoms with Gasteiger partial charge in [-0.25, -0.2) is 4.68 Å². The summed E-state index contributed by atoms with van der Waals surface area (Å²) in [6.45, 7) is 0. The van der Waals surface area contributed by atoms with E-state index in [1.54, 1.807) is 17.1 Å². The van der Waals surface area contributed by atoms with Gasteiger partial charge >= 0.3 is 0 Å². The largest absolute Gasteiger partial charge is 0.345 e. The molecule has 0 fully saturated rings. The zero-order valence-corrected chi connectivity index (χ0v) is 15.0. The second kappa shape index (κ2) is 8.22. The first-order chi connectivity index (χ1) is 13.8. The molecule has 0 saturated heterocycles. The number of hydrogen-bond donors (Lipinski definition) is 1. The summed E-state index contributed by atoms with van der Waals surface area (Å²) in [5, 5.41) is 14.2. The van der Waals surface area contributed by atoms with Crippen LogP contribution in [-0.2, 0) is 11.2 Å². The van der Waals surface area contributed by atoms with Crippen LogP contribution in [0.3, 0.4) is 0 Å². The lowest BCUT2D eigenvalue weighted by Crippen LogP contribution is -2.30. The number of rotatable bonds is 6. The number of tetrazole rings is 1. The van der Waals surface area contributed by atoms with Gasteiger partial charge in [-0.2, -0.15) is 0 Å². The van der Waals surface area contributed by atoms with E-state index in [1.165, 1.54) is 6.33 Å². The van der Waals surface area contributed by atoms with Crippen LogP contribution >= 0.6 is 0 Å². The van der Waals surface area contributed by atoms with Gasteiger partial charge in [0.2, 0.25) is 5.91 Å². The molecule has 0 aliphatic heterocycles. The molecule has 4 rings (SSSR count). The van der Waals surface area contributed by atoms with Gasteiger partial charge in [0, 0.05) is 12.4 Å². The molecule has 1 atom stereocenters. The zero-order chi connectivity index (χ0) is 19.2. The van der Waals surface area contributed by atoms with E-state index >= 15 is 0 Å². The van der Waals surface area contributed by atoms with Crippen molar-refractivity contribution in [3.05, 3.63) is 102 Å². The Morgan fingerprint density at radius 2 is 1.64 bits per heavy atom. The van der Waals surface area contributed by atoms with Crippen molar-refractivity contribution >= 4 is 5.91 Å². The van der Waals surface area contributed by atoms with Gasteiger partial charge in [0.15, 0.2) is 0 Å². The van der Waals surface area contributed by atoms with E-state index in [1.807, 2.05) is 66.7 Å². The van der Waals surface area contributed by atoms with Gasteiger partial charge in [-0.05, 0) is 51.4 Å². The topological polar surface area (TPSA) is 85.6 Å². The summed E-state index contributed by atoms with van der Waals surface area (Å²) < 4.78 is 1.57. The summed E-state index contributed by atoms with van der Waals surface area (Å²) in [6.07, 6.45) is 5.27. The van der Waals surface area contributed by atoms with Crippen molar-refractivity contribution < 1.29 is 4.79 Å². The van der Waals surface area contributed by atoms with Crippen LogP contribution in [0.4, 0.5) is 0 Å². The maximum absolute atomic E-state index is 12.7. The molecule has 2 aromatic carbocycles. The lowest BCUT2D eigenvalue weighted by atomic mass is 9.99. The van der Waals surface area contributed by atoms with Crippen molar-refractivity contribution in [3.8, 4) is 5.69 Å². The first-order valence-corrected chi connectivity index (χ1v) is 8.86. The third kappa shape index (κ3) is 4.09. The minimum absolute atomic E-state index is 0.0548. The molecule has 7 nitrogen and oxygen atoms in total. The van der Waals surface area contributed by atoms with Crippen molar-refractivity contribution in [2.75, 3.05) is 0 Å². The Morgan fingerprint density at radius 1 is 0.929 bits per heavy atom. The first-order valence-electron chi connectivity index (χ1n) is 8.86. The molecule has 7 heteroatoms. The van der Waals surface area contributed by atoms with Crippen LogP contribution in [0.15, 0.2) is 85.5 Å². The summed E-state index contributed by atoms with van der Waals surface area (Å²) >= 11 is 0. The van der Waals surface area contributed by atoms with Crippen molar-refractivity contribution in [2.24, 2.45) is 0 Å². The van der Waals surface area contributed by atoms with Crippen LogP contribution in [0.5, 0.6) is 0 Å². The second-order valence-electron chi connectivity index (χ2n) is 6.29. The van der Waals surface area contributed by atoms with Crippen LogP contribution in [0.2, 0.25) is 0 Å². The Labute approximate surface area is 162 Å². The van der Waals surface area contributed by atoms with E-state index in [0.717, 1.165) is 22.4 Å². The highest BCUT2D eigenvalue weighted by atomic mass is 16.1. The van der Waals surface area contributed by atoms with Gasteiger partial charge in [-0.15, -0.1) is 5.10 Å². The number of benzene rings is 2. The van der Waals surface area contributed by atoms with Crippen LogP contribution in [0, 0.1) is 0 Å². The maximum atomic E-state index is 12.7.